The van der Waals surface area contributed by atoms with Crippen LogP contribution in [0.2, 0.25) is 0 Å². The third-order valence-electron chi connectivity index (χ3n) is 8.44. The second-order valence-corrected chi connectivity index (χ2v) is 10.8. The lowest BCUT2D eigenvalue weighted by molar-refractivity contribution is -0.143. The summed E-state index contributed by atoms with van der Waals surface area (Å²) in [4.78, 5) is 65.1. The molecule has 9 heteroatoms. The van der Waals surface area contributed by atoms with E-state index in [0.29, 0.717) is 38.6 Å². The van der Waals surface area contributed by atoms with E-state index in [4.69, 9.17) is 0 Å². The molecular formula is C26H40N4O5. The highest BCUT2D eigenvalue weighted by Crippen LogP contribution is 2.31. The highest BCUT2D eigenvalue weighted by atomic mass is 16.2. The smallest absolute Gasteiger partial charge is 0.246 e. The standard InChI is InChI=1S/C26H40N4O5/c31-16-20(15-19-12-13-27-23(19)32)28-25(34)21-11-6-14-30(21)26(35)22(17-7-4-5-8-17)29-24(33)18-9-2-1-3-10-18/h16-22H,1-15H2,(H,27,32)(H,28,34)(H,29,33)/t19-,20-,21?,22-/m0/s1. The summed E-state index contributed by atoms with van der Waals surface area (Å²) in [6, 6.07) is -2.01. The Balaban J connectivity index is 1.40. The maximum Gasteiger partial charge on any atom is 0.246 e. The van der Waals surface area contributed by atoms with E-state index >= 15 is 0 Å². The Hall–Kier alpha value is -2.45. The second kappa shape index (κ2) is 12.0. The predicted octanol–water partition coefficient (Wildman–Crippen LogP) is 1.44. The third-order valence-corrected chi connectivity index (χ3v) is 8.44. The Kier molecular flexibility index (Phi) is 8.78. The zero-order chi connectivity index (χ0) is 24.8. The van der Waals surface area contributed by atoms with Crippen molar-refractivity contribution < 1.29 is 24.0 Å². The lowest BCUT2D eigenvalue weighted by Gasteiger charge is -2.33. The van der Waals surface area contributed by atoms with Crippen molar-refractivity contribution >= 4 is 29.9 Å². The molecule has 0 radical (unpaired) electrons. The summed E-state index contributed by atoms with van der Waals surface area (Å²) in [6.07, 6.45) is 11.7. The van der Waals surface area contributed by atoms with Crippen LogP contribution in [-0.4, -0.2) is 66.0 Å². The van der Waals surface area contributed by atoms with Crippen molar-refractivity contribution in [1.29, 1.82) is 0 Å². The molecule has 4 atom stereocenters. The van der Waals surface area contributed by atoms with Gasteiger partial charge in [0.25, 0.3) is 0 Å². The summed E-state index contributed by atoms with van der Waals surface area (Å²) in [7, 11) is 0. The number of carbonyl (C=O) groups excluding carboxylic acids is 5. The molecule has 0 aromatic carbocycles. The number of likely N-dealkylation sites (tertiary alicyclic amines) is 1. The van der Waals surface area contributed by atoms with Crippen molar-refractivity contribution in [2.45, 2.75) is 102 Å². The fraction of sp³-hybridized carbons (Fsp3) is 0.808. The van der Waals surface area contributed by atoms with Gasteiger partial charge in [0.2, 0.25) is 23.6 Å². The molecule has 0 aromatic heterocycles. The van der Waals surface area contributed by atoms with Crippen LogP contribution in [0.25, 0.3) is 0 Å². The molecule has 194 valence electrons. The average molecular weight is 489 g/mol. The van der Waals surface area contributed by atoms with Crippen LogP contribution < -0.4 is 16.0 Å². The Morgan fingerprint density at radius 3 is 2.29 bits per heavy atom. The van der Waals surface area contributed by atoms with Crippen molar-refractivity contribution in [3.05, 3.63) is 0 Å². The number of hydrogen-bond acceptors (Lipinski definition) is 5. The van der Waals surface area contributed by atoms with E-state index in [9.17, 15) is 24.0 Å². The number of nitrogens with zero attached hydrogens (tertiary/aromatic N) is 1. The van der Waals surface area contributed by atoms with Gasteiger partial charge in [-0.05, 0) is 57.3 Å². The molecule has 0 bridgehead atoms. The zero-order valence-electron chi connectivity index (χ0n) is 20.6. The number of hydrogen-bond donors (Lipinski definition) is 3. The first kappa shape index (κ1) is 25.6. The normalized spacial score (nSPS) is 27.3. The predicted molar refractivity (Wildman–Crippen MR) is 129 cm³/mol. The molecule has 4 rings (SSSR count). The van der Waals surface area contributed by atoms with Gasteiger partial charge in [0.1, 0.15) is 18.4 Å². The molecule has 2 heterocycles. The van der Waals surface area contributed by atoms with Gasteiger partial charge in [-0.3, -0.25) is 19.2 Å². The summed E-state index contributed by atoms with van der Waals surface area (Å²) in [5.41, 5.74) is 0. The first-order chi connectivity index (χ1) is 17.0. The van der Waals surface area contributed by atoms with E-state index < -0.39 is 18.1 Å². The monoisotopic (exact) mass is 488 g/mol. The highest BCUT2D eigenvalue weighted by molar-refractivity contribution is 5.94. The van der Waals surface area contributed by atoms with Gasteiger partial charge in [-0.25, -0.2) is 0 Å². The van der Waals surface area contributed by atoms with Gasteiger partial charge in [0.15, 0.2) is 0 Å². The van der Waals surface area contributed by atoms with E-state index in [0.717, 1.165) is 57.8 Å². The van der Waals surface area contributed by atoms with Crippen LogP contribution in [0.5, 0.6) is 0 Å². The minimum absolute atomic E-state index is 0.0222. The van der Waals surface area contributed by atoms with Gasteiger partial charge in [-0.1, -0.05) is 32.1 Å². The first-order valence-corrected chi connectivity index (χ1v) is 13.6. The van der Waals surface area contributed by atoms with Crippen molar-refractivity contribution in [2.75, 3.05) is 13.1 Å². The minimum Gasteiger partial charge on any atom is -0.356 e. The molecule has 0 aromatic rings. The molecular weight excluding hydrogens is 448 g/mol. The topological polar surface area (TPSA) is 125 Å². The first-order valence-electron chi connectivity index (χ1n) is 13.6. The van der Waals surface area contributed by atoms with Crippen LogP contribution in [0, 0.1) is 17.8 Å². The maximum atomic E-state index is 13.8. The molecule has 1 unspecified atom stereocenters. The van der Waals surface area contributed by atoms with Crippen LogP contribution in [0.15, 0.2) is 0 Å². The average Bonchev–Trinajstić information content (AvgIpc) is 3.65. The Morgan fingerprint density at radius 1 is 0.914 bits per heavy atom. The molecule has 9 nitrogen and oxygen atoms in total. The zero-order valence-corrected chi connectivity index (χ0v) is 20.6. The third kappa shape index (κ3) is 6.22. The van der Waals surface area contributed by atoms with E-state index in [1.54, 1.807) is 4.90 Å². The van der Waals surface area contributed by atoms with Crippen molar-refractivity contribution in [1.82, 2.24) is 20.9 Å². The van der Waals surface area contributed by atoms with Crippen LogP contribution >= 0.6 is 0 Å². The number of nitrogens with one attached hydrogen (secondary N) is 3. The molecule has 4 amide bonds. The quantitative estimate of drug-likeness (QED) is 0.424. The van der Waals surface area contributed by atoms with E-state index in [-0.39, 0.29) is 47.8 Å². The maximum absolute atomic E-state index is 13.8. The lowest BCUT2D eigenvalue weighted by atomic mass is 9.87. The molecule has 2 aliphatic carbocycles. The lowest BCUT2D eigenvalue weighted by Crippen LogP contribution is -2.57. The van der Waals surface area contributed by atoms with E-state index in [1.165, 1.54) is 0 Å². The van der Waals surface area contributed by atoms with Gasteiger partial charge >= 0.3 is 0 Å². The Labute approximate surface area is 207 Å². The summed E-state index contributed by atoms with van der Waals surface area (Å²) in [5.74, 6) is -0.842. The molecule has 3 N–H and O–H groups in total. The van der Waals surface area contributed by atoms with Crippen LogP contribution in [-0.2, 0) is 24.0 Å². The molecule has 0 spiro atoms. The molecule has 35 heavy (non-hydrogen) atoms. The van der Waals surface area contributed by atoms with Crippen molar-refractivity contribution in [3.63, 3.8) is 0 Å². The van der Waals surface area contributed by atoms with Crippen LogP contribution in [0.1, 0.15) is 83.5 Å². The summed E-state index contributed by atoms with van der Waals surface area (Å²) in [5, 5.41) is 8.63. The highest BCUT2D eigenvalue weighted by Gasteiger charge is 2.42. The van der Waals surface area contributed by atoms with E-state index in [1.807, 2.05) is 0 Å². The summed E-state index contributed by atoms with van der Waals surface area (Å²) < 4.78 is 0. The van der Waals surface area contributed by atoms with Gasteiger partial charge in [-0.15, -0.1) is 0 Å². The molecule has 2 aliphatic heterocycles. The number of carbonyl (C=O) groups is 5. The van der Waals surface area contributed by atoms with Crippen molar-refractivity contribution in [3.8, 4) is 0 Å². The molecule has 2 saturated heterocycles. The van der Waals surface area contributed by atoms with Gasteiger partial charge in [0, 0.05) is 24.9 Å². The fourth-order valence-electron chi connectivity index (χ4n) is 6.39. The van der Waals surface area contributed by atoms with Crippen LogP contribution in [0.4, 0.5) is 0 Å². The largest absolute Gasteiger partial charge is 0.356 e. The summed E-state index contributed by atoms with van der Waals surface area (Å²) in [6.45, 7) is 1.05. The second-order valence-electron chi connectivity index (χ2n) is 10.8. The molecule has 4 aliphatic rings. The van der Waals surface area contributed by atoms with Gasteiger partial charge in [0.05, 0.1) is 6.04 Å². The van der Waals surface area contributed by atoms with Crippen LogP contribution in [0.3, 0.4) is 0 Å². The van der Waals surface area contributed by atoms with Gasteiger partial charge in [-0.2, -0.15) is 0 Å². The minimum atomic E-state index is -0.759. The summed E-state index contributed by atoms with van der Waals surface area (Å²) >= 11 is 0. The van der Waals surface area contributed by atoms with Crippen molar-refractivity contribution in [2.24, 2.45) is 17.8 Å². The van der Waals surface area contributed by atoms with Gasteiger partial charge < -0.3 is 25.6 Å². The molecule has 4 fully saturated rings. The SMILES string of the molecule is O=C[C@H](C[C@@H]1CCNC1=O)NC(=O)C1CCCN1C(=O)[C@@H](NC(=O)C1CCCCC1)C1CCCC1. The molecule has 2 saturated carbocycles. The number of amides is 4. The fourth-order valence-corrected chi connectivity index (χ4v) is 6.39. The Bertz CT molecular complexity index is 806. The van der Waals surface area contributed by atoms with E-state index in [2.05, 4.69) is 16.0 Å². The number of rotatable bonds is 9. The Morgan fingerprint density at radius 2 is 1.63 bits per heavy atom. The number of aldehydes is 1.